The summed E-state index contributed by atoms with van der Waals surface area (Å²) in [6.07, 6.45) is 0.997. The van der Waals surface area contributed by atoms with E-state index in [0.29, 0.717) is 5.92 Å². The Kier molecular flexibility index (Phi) is 4.80. The van der Waals surface area contributed by atoms with Crippen LogP contribution in [0, 0.1) is 5.92 Å². The molecule has 0 aliphatic rings. The lowest BCUT2D eigenvalue weighted by atomic mass is 10.0. The van der Waals surface area contributed by atoms with Crippen LogP contribution in [0.5, 0.6) is 5.75 Å². The van der Waals surface area contributed by atoms with E-state index in [0.717, 1.165) is 25.3 Å². The van der Waals surface area contributed by atoms with Crippen molar-refractivity contribution in [1.82, 2.24) is 5.32 Å². The number of fused-ring (bicyclic) bond motifs is 1. The number of methoxy groups -OCH3 is 1. The van der Waals surface area contributed by atoms with Crippen molar-refractivity contribution in [2.24, 2.45) is 5.92 Å². The van der Waals surface area contributed by atoms with Gasteiger partial charge in [-0.25, -0.2) is 0 Å². The third-order valence-corrected chi connectivity index (χ3v) is 3.32. The van der Waals surface area contributed by atoms with Crippen LogP contribution in [0.25, 0.3) is 10.8 Å². The Morgan fingerprint density at radius 2 is 1.89 bits per heavy atom. The Hall–Kier alpha value is -1.54. The summed E-state index contributed by atoms with van der Waals surface area (Å²) in [5, 5.41) is 6.07. The largest absolute Gasteiger partial charge is 0.496 e. The fourth-order valence-electron chi connectivity index (χ4n) is 2.37. The van der Waals surface area contributed by atoms with Crippen LogP contribution < -0.4 is 10.1 Å². The first kappa shape index (κ1) is 13.9. The first-order chi connectivity index (χ1) is 9.22. The lowest BCUT2D eigenvalue weighted by Crippen LogP contribution is -2.22. The maximum absolute atomic E-state index is 5.50. The number of rotatable bonds is 6. The van der Waals surface area contributed by atoms with E-state index in [1.165, 1.54) is 16.3 Å². The van der Waals surface area contributed by atoms with E-state index in [-0.39, 0.29) is 0 Å². The lowest BCUT2D eigenvalue weighted by Gasteiger charge is -2.13. The van der Waals surface area contributed by atoms with Crippen molar-refractivity contribution < 1.29 is 4.74 Å². The van der Waals surface area contributed by atoms with Gasteiger partial charge < -0.3 is 10.1 Å². The van der Waals surface area contributed by atoms with Gasteiger partial charge in [-0.2, -0.15) is 0 Å². The van der Waals surface area contributed by atoms with Gasteiger partial charge in [0.2, 0.25) is 0 Å². The number of nitrogens with one attached hydrogen (secondary N) is 1. The summed E-state index contributed by atoms with van der Waals surface area (Å²) < 4.78 is 5.50. The standard InChI is InChI=1S/C17H23NO/c1-13(2)12-18-11-10-16-15-7-5-4-6-14(15)8-9-17(16)19-3/h4-9,13,18H,10-12H2,1-3H3. The molecule has 0 fully saturated rings. The van der Waals surface area contributed by atoms with Gasteiger partial charge in [-0.1, -0.05) is 44.2 Å². The second-order valence-electron chi connectivity index (χ2n) is 5.32. The Morgan fingerprint density at radius 3 is 2.63 bits per heavy atom. The summed E-state index contributed by atoms with van der Waals surface area (Å²) in [4.78, 5) is 0. The van der Waals surface area contributed by atoms with Gasteiger partial charge in [0.05, 0.1) is 7.11 Å². The monoisotopic (exact) mass is 257 g/mol. The molecular weight excluding hydrogens is 234 g/mol. The van der Waals surface area contributed by atoms with Gasteiger partial charge in [0.25, 0.3) is 0 Å². The van der Waals surface area contributed by atoms with Crippen molar-refractivity contribution in [3.63, 3.8) is 0 Å². The van der Waals surface area contributed by atoms with Crippen molar-refractivity contribution in [2.45, 2.75) is 20.3 Å². The number of ether oxygens (including phenoxy) is 1. The van der Waals surface area contributed by atoms with Gasteiger partial charge in [-0.3, -0.25) is 0 Å². The highest BCUT2D eigenvalue weighted by Crippen LogP contribution is 2.28. The Labute approximate surface area is 115 Å². The maximum atomic E-state index is 5.50. The summed E-state index contributed by atoms with van der Waals surface area (Å²) in [7, 11) is 1.75. The highest BCUT2D eigenvalue weighted by Gasteiger charge is 2.07. The summed E-state index contributed by atoms with van der Waals surface area (Å²) in [5.74, 6) is 1.68. The smallest absolute Gasteiger partial charge is 0.122 e. The molecule has 2 aromatic carbocycles. The fourth-order valence-corrected chi connectivity index (χ4v) is 2.37. The van der Waals surface area contributed by atoms with Crippen LogP contribution in [0.15, 0.2) is 36.4 Å². The molecule has 0 heterocycles. The molecule has 0 amide bonds. The molecule has 2 rings (SSSR count). The van der Waals surface area contributed by atoms with E-state index < -0.39 is 0 Å². The molecule has 0 radical (unpaired) electrons. The molecule has 19 heavy (non-hydrogen) atoms. The van der Waals surface area contributed by atoms with Gasteiger partial charge in [-0.15, -0.1) is 0 Å². The maximum Gasteiger partial charge on any atom is 0.122 e. The summed E-state index contributed by atoms with van der Waals surface area (Å²) >= 11 is 0. The Morgan fingerprint density at radius 1 is 1.11 bits per heavy atom. The van der Waals surface area contributed by atoms with Gasteiger partial charge >= 0.3 is 0 Å². The third-order valence-electron chi connectivity index (χ3n) is 3.32. The van der Waals surface area contributed by atoms with E-state index in [9.17, 15) is 0 Å². The second-order valence-corrected chi connectivity index (χ2v) is 5.32. The molecule has 0 saturated carbocycles. The zero-order valence-corrected chi connectivity index (χ0v) is 12.1. The van der Waals surface area contributed by atoms with Crippen LogP contribution in [0.4, 0.5) is 0 Å². The molecule has 0 spiro atoms. The summed E-state index contributed by atoms with van der Waals surface area (Å²) in [6.45, 7) is 6.51. The molecule has 2 nitrogen and oxygen atoms in total. The van der Waals surface area contributed by atoms with Crippen LogP contribution >= 0.6 is 0 Å². The third kappa shape index (κ3) is 3.48. The molecule has 2 aromatic rings. The van der Waals surface area contributed by atoms with Gasteiger partial charge in [0.1, 0.15) is 5.75 Å². The summed E-state index contributed by atoms with van der Waals surface area (Å²) in [6, 6.07) is 12.7. The second kappa shape index (κ2) is 6.58. The fraction of sp³-hybridized carbons (Fsp3) is 0.412. The molecular formula is C17H23NO. The van der Waals surface area contributed by atoms with Crippen LogP contribution in [0.3, 0.4) is 0 Å². The number of benzene rings is 2. The van der Waals surface area contributed by atoms with E-state index in [4.69, 9.17) is 4.74 Å². The molecule has 0 saturated heterocycles. The molecule has 0 aliphatic heterocycles. The van der Waals surface area contributed by atoms with Crippen LogP contribution in [0.2, 0.25) is 0 Å². The molecule has 2 heteroatoms. The van der Waals surface area contributed by atoms with Crippen molar-refractivity contribution in [1.29, 1.82) is 0 Å². The molecule has 0 unspecified atom stereocenters. The van der Waals surface area contributed by atoms with E-state index in [1.54, 1.807) is 7.11 Å². The molecule has 0 aromatic heterocycles. The van der Waals surface area contributed by atoms with Crippen molar-refractivity contribution >= 4 is 10.8 Å². The first-order valence-corrected chi connectivity index (χ1v) is 6.97. The quantitative estimate of drug-likeness (QED) is 0.798. The predicted molar refractivity (Wildman–Crippen MR) is 81.9 cm³/mol. The molecule has 0 bridgehead atoms. The van der Waals surface area contributed by atoms with Gasteiger partial charge in [0.15, 0.2) is 0 Å². The Balaban J connectivity index is 2.19. The number of hydrogen-bond acceptors (Lipinski definition) is 2. The van der Waals surface area contributed by atoms with E-state index in [2.05, 4.69) is 55.6 Å². The van der Waals surface area contributed by atoms with Crippen molar-refractivity contribution in [2.75, 3.05) is 20.2 Å². The summed E-state index contributed by atoms with van der Waals surface area (Å²) in [5.41, 5.74) is 1.30. The van der Waals surface area contributed by atoms with Crippen molar-refractivity contribution in [3.8, 4) is 5.75 Å². The predicted octanol–water partition coefficient (Wildman–Crippen LogP) is 3.64. The molecule has 102 valence electrons. The highest BCUT2D eigenvalue weighted by atomic mass is 16.5. The lowest BCUT2D eigenvalue weighted by molar-refractivity contribution is 0.409. The molecule has 0 atom stereocenters. The first-order valence-electron chi connectivity index (χ1n) is 6.97. The van der Waals surface area contributed by atoms with E-state index in [1.807, 2.05) is 0 Å². The molecule has 1 N–H and O–H groups in total. The number of hydrogen-bond donors (Lipinski definition) is 1. The van der Waals surface area contributed by atoms with Crippen LogP contribution in [-0.4, -0.2) is 20.2 Å². The molecule has 0 aliphatic carbocycles. The SMILES string of the molecule is COc1ccc2ccccc2c1CCNCC(C)C. The zero-order chi connectivity index (χ0) is 13.7. The average Bonchev–Trinajstić information content (AvgIpc) is 2.43. The van der Waals surface area contributed by atoms with Gasteiger partial charge in [-0.05, 0) is 42.3 Å². The van der Waals surface area contributed by atoms with Crippen LogP contribution in [-0.2, 0) is 6.42 Å². The van der Waals surface area contributed by atoms with E-state index >= 15 is 0 Å². The van der Waals surface area contributed by atoms with Crippen molar-refractivity contribution in [3.05, 3.63) is 42.0 Å². The highest BCUT2D eigenvalue weighted by molar-refractivity contribution is 5.87. The average molecular weight is 257 g/mol. The zero-order valence-electron chi connectivity index (χ0n) is 12.1. The Bertz CT molecular complexity index is 534. The minimum Gasteiger partial charge on any atom is -0.496 e. The van der Waals surface area contributed by atoms with Crippen LogP contribution in [0.1, 0.15) is 19.4 Å². The minimum atomic E-state index is 0.689. The topological polar surface area (TPSA) is 21.3 Å². The minimum absolute atomic E-state index is 0.689. The normalized spacial score (nSPS) is 11.2. The van der Waals surface area contributed by atoms with Gasteiger partial charge in [0, 0.05) is 5.56 Å².